The molecule has 3 aliphatic heterocycles. The van der Waals surface area contributed by atoms with Gasteiger partial charge in [0.1, 0.15) is 0 Å². The topological polar surface area (TPSA) is 24.3 Å². The van der Waals surface area contributed by atoms with Gasteiger partial charge in [-0.05, 0) is 19.6 Å². The van der Waals surface area contributed by atoms with Gasteiger partial charge < -0.3 is 0 Å². The lowest BCUT2D eigenvalue weighted by molar-refractivity contribution is -0.0470. The van der Waals surface area contributed by atoms with E-state index in [1.807, 2.05) is 23.7 Å². The molecule has 0 radical (unpaired) electrons. The van der Waals surface area contributed by atoms with Gasteiger partial charge in [-0.15, -0.1) is 0 Å². The smallest absolute Gasteiger partial charge is 0.0638 e. The van der Waals surface area contributed by atoms with E-state index in [9.17, 15) is 0 Å². The average molecular weight is 252 g/mol. The SMILES string of the molecule is CSN1CC2CC(C1)N2Cc1cn(C)nc1C. The highest BCUT2D eigenvalue weighted by Gasteiger charge is 2.44. The van der Waals surface area contributed by atoms with Crippen molar-refractivity contribution in [1.82, 2.24) is 19.0 Å². The highest BCUT2D eigenvalue weighted by Crippen LogP contribution is 2.35. The van der Waals surface area contributed by atoms with E-state index in [0.717, 1.165) is 18.6 Å². The summed E-state index contributed by atoms with van der Waals surface area (Å²) in [6, 6.07) is 1.53. The molecule has 5 heteroatoms. The van der Waals surface area contributed by atoms with Crippen molar-refractivity contribution in [2.24, 2.45) is 7.05 Å². The lowest BCUT2D eigenvalue weighted by Crippen LogP contribution is -2.66. The minimum Gasteiger partial charge on any atom is -0.290 e. The minimum absolute atomic E-state index is 0.765. The number of hydrogen-bond acceptors (Lipinski definition) is 4. The Morgan fingerprint density at radius 3 is 2.65 bits per heavy atom. The minimum atomic E-state index is 0.765. The van der Waals surface area contributed by atoms with Gasteiger partial charge >= 0.3 is 0 Å². The summed E-state index contributed by atoms with van der Waals surface area (Å²) in [6.45, 7) is 5.63. The highest BCUT2D eigenvalue weighted by atomic mass is 32.2. The summed E-state index contributed by atoms with van der Waals surface area (Å²) < 4.78 is 4.42. The lowest BCUT2D eigenvalue weighted by atomic mass is 9.88. The Morgan fingerprint density at radius 1 is 1.41 bits per heavy atom. The van der Waals surface area contributed by atoms with E-state index in [4.69, 9.17) is 0 Å². The molecule has 1 aromatic rings. The number of aromatic nitrogens is 2. The molecule has 3 aliphatic rings. The predicted octanol–water partition coefficient (Wildman–Crippen LogP) is 1.27. The summed E-state index contributed by atoms with van der Waals surface area (Å²) in [7, 11) is 2.00. The normalized spacial score (nSPS) is 29.4. The number of aryl methyl sites for hydroxylation is 2. The molecule has 3 fully saturated rings. The number of fused-ring (bicyclic) bond motifs is 2. The molecule has 4 rings (SSSR count). The Kier molecular flexibility index (Phi) is 2.92. The van der Waals surface area contributed by atoms with Gasteiger partial charge in [-0.1, -0.05) is 11.9 Å². The van der Waals surface area contributed by atoms with E-state index in [-0.39, 0.29) is 0 Å². The molecule has 2 atom stereocenters. The van der Waals surface area contributed by atoms with Gasteiger partial charge in [0.25, 0.3) is 0 Å². The third kappa shape index (κ3) is 2.00. The molecule has 0 saturated carbocycles. The molecule has 0 spiro atoms. The number of nitrogens with zero attached hydrogens (tertiary/aromatic N) is 4. The maximum absolute atomic E-state index is 4.42. The second kappa shape index (κ2) is 4.30. The average Bonchev–Trinajstić information content (AvgIpc) is 2.64. The van der Waals surface area contributed by atoms with Crippen molar-refractivity contribution in [2.75, 3.05) is 19.3 Å². The summed E-state index contributed by atoms with van der Waals surface area (Å²) in [4.78, 5) is 2.65. The summed E-state index contributed by atoms with van der Waals surface area (Å²) in [5.74, 6) is 0. The Labute approximate surface area is 107 Å². The fourth-order valence-corrected chi connectivity index (χ4v) is 3.70. The number of piperazine rings is 1. The van der Waals surface area contributed by atoms with Crippen molar-refractivity contribution in [2.45, 2.75) is 32.0 Å². The standard InChI is InChI=1S/C12H20N4S/c1-9-10(5-14(2)13-9)6-16-11-4-12(16)8-15(7-11)17-3/h5,11-12H,4,6-8H2,1-3H3. The molecule has 4 heterocycles. The van der Waals surface area contributed by atoms with Gasteiger partial charge in [0.15, 0.2) is 0 Å². The molecule has 0 amide bonds. The van der Waals surface area contributed by atoms with Crippen molar-refractivity contribution >= 4 is 11.9 Å². The summed E-state index contributed by atoms with van der Waals surface area (Å²) in [5.41, 5.74) is 2.57. The molecule has 0 aliphatic carbocycles. The first-order valence-corrected chi connectivity index (χ1v) is 7.39. The Hall–Kier alpha value is -0.520. The second-order valence-electron chi connectivity index (χ2n) is 5.16. The van der Waals surface area contributed by atoms with Crippen molar-refractivity contribution in [1.29, 1.82) is 0 Å². The van der Waals surface area contributed by atoms with Crippen LogP contribution >= 0.6 is 11.9 Å². The van der Waals surface area contributed by atoms with Crippen molar-refractivity contribution < 1.29 is 0 Å². The first-order valence-electron chi connectivity index (χ1n) is 6.21. The molecule has 94 valence electrons. The number of piperidine rings is 1. The van der Waals surface area contributed by atoms with Crippen LogP contribution in [-0.2, 0) is 13.6 Å². The van der Waals surface area contributed by atoms with Crippen LogP contribution in [0.4, 0.5) is 0 Å². The van der Waals surface area contributed by atoms with Crippen LogP contribution in [-0.4, -0.2) is 50.4 Å². The van der Waals surface area contributed by atoms with E-state index >= 15 is 0 Å². The molecule has 17 heavy (non-hydrogen) atoms. The fraction of sp³-hybridized carbons (Fsp3) is 0.750. The van der Waals surface area contributed by atoms with Crippen LogP contribution in [0, 0.1) is 6.92 Å². The van der Waals surface area contributed by atoms with Crippen LogP contribution in [0.15, 0.2) is 6.20 Å². The van der Waals surface area contributed by atoms with E-state index in [2.05, 4.69) is 33.7 Å². The van der Waals surface area contributed by atoms with Crippen LogP contribution in [0.1, 0.15) is 17.7 Å². The summed E-state index contributed by atoms with van der Waals surface area (Å²) in [5, 5.41) is 4.42. The Balaban J connectivity index is 1.66. The largest absolute Gasteiger partial charge is 0.290 e. The summed E-state index contributed by atoms with van der Waals surface area (Å²) >= 11 is 1.89. The van der Waals surface area contributed by atoms with Gasteiger partial charge in [0.2, 0.25) is 0 Å². The number of hydrogen-bond donors (Lipinski definition) is 0. The Morgan fingerprint density at radius 2 is 2.12 bits per heavy atom. The maximum atomic E-state index is 4.42. The van der Waals surface area contributed by atoms with E-state index < -0.39 is 0 Å². The fourth-order valence-electron chi connectivity index (χ4n) is 3.06. The van der Waals surface area contributed by atoms with Crippen molar-refractivity contribution in [3.05, 3.63) is 17.5 Å². The van der Waals surface area contributed by atoms with Gasteiger partial charge in [0, 0.05) is 50.5 Å². The molecule has 1 aromatic heterocycles. The van der Waals surface area contributed by atoms with E-state index in [1.54, 1.807) is 0 Å². The molecule has 2 unspecified atom stereocenters. The van der Waals surface area contributed by atoms with E-state index in [0.29, 0.717) is 0 Å². The van der Waals surface area contributed by atoms with E-state index in [1.165, 1.54) is 30.8 Å². The highest BCUT2D eigenvalue weighted by molar-refractivity contribution is 7.96. The molecule has 0 aromatic carbocycles. The van der Waals surface area contributed by atoms with Crippen LogP contribution in [0.25, 0.3) is 0 Å². The molecular weight excluding hydrogens is 232 g/mol. The van der Waals surface area contributed by atoms with Gasteiger partial charge in [-0.2, -0.15) is 5.10 Å². The Bertz CT molecular complexity index is 405. The van der Waals surface area contributed by atoms with Gasteiger partial charge in [0.05, 0.1) is 5.69 Å². The lowest BCUT2D eigenvalue weighted by Gasteiger charge is -2.56. The van der Waals surface area contributed by atoms with Crippen molar-refractivity contribution in [3.8, 4) is 0 Å². The maximum Gasteiger partial charge on any atom is 0.0638 e. The monoisotopic (exact) mass is 252 g/mol. The van der Waals surface area contributed by atoms with Crippen LogP contribution in [0.3, 0.4) is 0 Å². The molecule has 2 bridgehead atoms. The molecule has 4 nitrogen and oxygen atoms in total. The van der Waals surface area contributed by atoms with Crippen LogP contribution in [0.2, 0.25) is 0 Å². The molecule has 3 saturated heterocycles. The third-order valence-electron chi connectivity index (χ3n) is 4.04. The van der Waals surface area contributed by atoms with Gasteiger partial charge in [-0.25, -0.2) is 4.31 Å². The zero-order valence-electron chi connectivity index (χ0n) is 10.8. The zero-order valence-corrected chi connectivity index (χ0v) is 11.6. The van der Waals surface area contributed by atoms with Crippen molar-refractivity contribution in [3.63, 3.8) is 0 Å². The predicted molar refractivity (Wildman–Crippen MR) is 70.8 cm³/mol. The second-order valence-corrected chi connectivity index (χ2v) is 6.04. The van der Waals surface area contributed by atoms with Gasteiger partial charge in [-0.3, -0.25) is 9.58 Å². The first-order chi connectivity index (χ1) is 8.17. The third-order valence-corrected chi connectivity index (χ3v) is 4.85. The molecular formula is C12H20N4S. The summed E-state index contributed by atoms with van der Waals surface area (Å²) in [6.07, 6.45) is 5.73. The first kappa shape index (κ1) is 11.6. The van der Waals surface area contributed by atoms with Crippen LogP contribution in [0.5, 0.6) is 0 Å². The number of rotatable bonds is 3. The van der Waals surface area contributed by atoms with Crippen LogP contribution < -0.4 is 0 Å². The quantitative estimate of drug-likeness (QED) is 0.756. The zero-order chi connectivity index (χ0) is 12.0. The molecule has 0 N–H and O–H groups in total.